The van der Waals surface area contributed by atoms with Gasteiger partial charge in [-0.05, 0) is 30.3 Å². The number of nitrogens with two attached hydrogens (primary N) is 1. The Bertz CT molecular complexity index is 725. The number of benzene rings is 1. The molecule has 3 nitrogen and oxygen atoms in total. The van der Waals surface area contributed by atoms with Gasteiger partial charge in [-0.25, -0.2) is 14.4 Å². The van der Waals surface area contributed by atoms with E-state index in [1.165, 1.54) is 6.07 Å². The minimum absolute atomic E-state index is 0.320. The Hall–Kier alpha value is -2.49. The Morgan fingerprint density at radius 2 is 1.89 bits per heavy atom. The van der Waals surface area contributed by atoms with Gasteiger partial charge in [0.1, 0.15) is 5.82 Å². The van der Waals surface area contributed by atoms with Crippen LogP contribution in [0.2, 0.25) is 0 Å². The third kappa shape index (κ3) is 1.68. The molecule has 18 heavy (non-hydrogen) atoms. The minimum Gasteiger partial charge on any atom is -0.398 e. The average molecular weight is 239 g/mol. The average Bonchev–Trinajstić information content (AvgIpc) is 2.39. The Morgan fingerprint density at radius 1 is 1.06 bits per heavy atom. The Kier molecular flexibility index (Phi) is 2.41. The lowest BCUT2D eigenvalue weighted by molar-refractivity contribution is 0.631. The molecule has 0 radical (unpaired) electrons. The van der Waals surface area contributed by atoms with E-state index in [1.807, 2.05) is 6.07 Å². The van der Waals surface area contributed by atoms with E-state index >= 15 is 0 Å². The van der Waals surface area contributed by atoms with E-state index in [-0.39, 0.29) is 5.82 Å². The van der Waals surface area contributed by atoms with Crippen molar-refractivity contribution in [2.75, 3.05) is 5.73 Å². The predicted octanol–water partition coefficient (Wildman–Crippen LogP) is 3.02. The highest BCUT2D eigenvalue weighted by atomic mass is 19.1. The molecular weight excluding hydrogens is 229 g/mol. The van der Waals surface area contributed by atoms with Crippen LogP contribution in [0.3, 0.4) is 0 Å². The fraction of sp³-hybridized carbons (Fsp3) is 0. The first-order valence-electron chi connectivity index (χ1n) is 5.52. The van der Waals surface area contributed by atoms with Crippen LogP contribution in [0.4, 0.5) is 10.1 Å². The highest BCUT2D eigenvalue weighted by Crippen LogP contribution is 2.26. The summed E-state index contributed by atoms with van der Waals surface area (Å²) >= 11 is 0. The van der Waals surface area contributed by atoms with E-state index < -0.39 is 0 Å². The van der Waals surface area contributed by atoms with E-state index in [4.69, 9.17) is 5.73 Å². The molecule has 0 amide bonds. The molecule has 0 aliphatic heterocycles. The number of hydrogen-bond acceptors (Lipinski definition) is 3. The van der Waals surface area contributed by atoms with Crippen molar-refractivity contribution in [2.45, 2.75) is 0 Å². The monoisotopic (exact) mass is 239 g/mol. The van der Waals surface area contributed by atoms with Gasteiger partial charge < -0.3 is 5.73 Å². The van der Waals surface area contributed by atoms with Crippen molar-refractivity contribution >= 4 is 16.7 Å². The topological polar surface area (TPSA) is 51.8 Å². The third-order valence-electron chi connectivity index (χ3n) is 2.77. The van der Waals surface area contributed by atoms with E-state index in [9.17, 15) is 4.39 Å². The number of hydrogen-bond donors (Lipinski definition) is 1. The summed E-state index contributed by atoms with van der Waals surface area (Å²) in [7, 11) is 0. The molecule has 0 aliphatic rings. The molecular formula is C14H10FN3. The summed E-state index contributed by atoms with van der Waals surface area (Å²) in [6.45, 7) is 0. The van der Waals surface area contributed by atoms with Crippen molar-refractivity contribution < 1.29 is 4.39 Å². The molecule has 0 bridgehead atoms. The van der Waals surface area contributed by atoms with Crippen LogP contribution in [-0.4, -0.2) is 9.97 Å². The second-order valence-electron chi connectivity index (χ2n) is 3.95. The maximum absolute atomic E-state index is 13.7. The van der Waals surface area contributed by atoms with Crippen LogP contribution >= 0.6 is 0 Å². The van der Waals surface area contributed by atoms with Crippen molar-refractivity contribution in [1.29, 1.82) is 0 Å². The molecule has 1 aromatic carbocycles. The van der Waals surface area contributed by atoms with E-state index in [1.54, 1.807) is 36.5 Å². The molecule has 0 saturated carbocycles. The van der Waals surface area contributed by atoms with Gasteiger partial charge in [-0.2, -0.15) is 0 Å². The largest absolute Gasteiger partial charge is 0.398 e. The molecule has 0 unspecified atom stereocenters. The van der Waals surface area contributed by atoms with Crippen molar-refractivity contribution in [1.82, 2.24) is 9.97 Å². The lowest BCUT2D eigenvalue weighted by Gasteiger charge is -2.06. The van der Waals surface area contributed by atoms with Gasteiger partial charge in [-0.1, -0.05) is 12.1 Å². The zero-order chi connectivity index (χ0) is 12.5. The highest BCUT2D eigenvalue weighted by Gasteiger charge is 2.09. The first-order valence-corrected chi connectivity index (χ1v) is 5.52. The molecule has 0 atom stereocenters. The quantitative estimate of drug-likeness (QED) is 0.710. The normalized spacial score (nSPS) is 10.7. The fourth-order valence-corrected chi connectivity index (χ4v) is 1.89. The molecule has 3 aromatic rings. The van der Waals surface area contributed by atoms with Gasteiger partial charge in [-0.3, -0.25) is 0 Å². The van der Waals surface area contributed by atoms with Gasteiger partial charge >= 0.3 is 0 Å². The molecule has 0 fully saturated rings. The van der Waals surface area contributed by atoms with Gasteiger partial charge in [-0.15, -0.1) is 0 Å². The Labute approximate surface area is 103 Å². The first-order chi connectivity index (χ1) is 8.75. The van der Waals surface area contributed by atoms with Gasteiger partial charge in [0, 0.05) is 22.8 Å². The van der Waals surface area contributed by atoms with Gasteiger partial charge in [0.25, 0.3) is 0 Å². The molecule has 0 aliphatic carbocycles. The van der Waals surface area contributed by atoms with Crippen LogP contribution in [0.25, 0.3) is 22.3 Å². The lowest BCUT2D eigenvalue weighted by atomic mass is 10.1. The zero-order valence-electron chi connectivity index (χ0n) is 9.47. The smallest absolute Gasteiger partial charge is 0.161 e. The van der Waals surface area contributed by atoms with Gasteiger partial charge in [0.15, 0.2) is 5.65 Å². The van der Waals surface area contributed by atoms with Crippen LogP contribution in [0.5, 0.6) is 0 Å². The third-order valence-corrected chi connectivity index (χ3v) is 2.77. The molecule has 4 heteroatoms. The second-order valence-corrected chi connectivity index (χ2v) is 3.95. The predicted molar refractivity (Wildman–Crippen MR) is 69.3 cm³/mol. The van der Waals surface area contributed by atoms with E-state index in [0.29, 0.717) is 22.6 Å². The van der Waals surface area contributed by atoms with Crippen molar-refractivity contribution in [3.63, 3.8) is 0 Å². The van der Waals surface area contributed by atoms with Gasteiger partial charge in [0.05, 0.1) is 5.69 Å². The number of fused-ring (bicyclic) bond motifs is 1. The number of halogens is 1. The van der Waals surface area contributed by atoms with Crippen LogP contribution in [0.15, 0.2) is 48.7 Å². The number of nitrogen functional groups attached to an aromatic ring is 1. The molecule has 2 aromatic heterocycles. The van der Waals surface area contributed by atoms with Crippen LogP contribution in [0.1, 0.15) is 0 Å². The fourth-order valence-electron chi connectivity index (χ4n) is 1.89. The van der Waals surface area contributed by atoms with E-state index in [0.717, 1.165) is 5.39 Å². The number of pyridine rings is 2. The molecule has 0 saturated heterocycles. The number of anilines is 1. The highest BCUT2D eigenvalue weighted by molar-refractivity contribution is 5.90. The lowest BCUT2D eigenvalue weighted by Crippen LogP contribution is -1.95. The van der Waals surface area contributed by atoms with Gasteiger partial charge in [0.2, 0.25) is 0 Å². The summed E-state index contributed by atoms with van der Waals surface area (Å²) in [6.07, 6.45) is 1.64. The number of rotatable bonds is 1. The minimum atomic E-state index is -0.320. The summed E-state index contributed by atoms with van der Waals surface area (Å²) in [6, 6.07) is 11.8. The van der Waals surface area contributed by atoms with Crippen LogP contribution in [-0.2, 0) is 0 Å². The second kappa shape index (κ2) is 4.07. The summed E-state index contributed by atoms with van der Waals surface area (Å²) in [4.78, 5) is 8.48. The van der Waals surface area contributed by atoms with E-state index in [2.05, 4.69) is 9.97 Å². The van der Waals surface area contributed by atoms with Crippen LogP contribution in [0, 0.1) is 5.82 Å². The molecule has 0 spiro atoms. The standard InChI is InChI=1S/C14H10FN3/c15-11-6-2-1-4-9(11)13-8-12(16)10-5-3-7-17-14(10)18-13/h1-8H,(H2,16,17,18). The Balaban J connectivity index is 2.28. The zero-order valence-corrected chi connectivity index (χ0v) is 9.47. The molecule has 2 N–H and O–H groups in total. The first kappa shape index (κ1) is 10.7. The maximum atomic E-state index is 13.7. The Morgan fingerprint density at radius 3 is 2.72 bits per heavy atom. The number of aromatic nitrogens is 2. The van der Waals surface area contributed by atoms with Crippen LogP contribution < -0.4 is 5.73 Å². The SMILES string of the molecule is Nc1cc(-c2ccccc2F)nc2ncccc12. The van der Waals surface area contributed by atoms with Crippen molar-refractivity contribution in [3.8, 4) is 11.3 Å². The summed E-state index contributed by atoms with van der Waals surface area (Å²) in [5, 5.41) is 0.776. The molecule has 88 valence electrons. The molecule has 2 heterocycles. The summed E-state index contributed by atoms with van der Waals surface area (Å²) < 4.78 is 13.7. The summed E-state index contributed by atoms with van der Waals surface area (Å²) in [5.74, 6) is -0.320. The molecule has 3 rings (SSSR count). The van der Waals surface area contributed by atoms with Crippen molar-refractivity contribution in [3.05, 3.63) is 54.5 Å². The summed E-state index contributed by atoms with van der Waals surface area (Å²) in [5.41, 5.74) is 7.94. The maximum Gasteiger partial charge on any atom is 0.161 e. The number of nitrogens with zero attached hydrogens (tertiary/aromatic N) is 2. The van der Waals surface area contributed by atoms with Crippen molar-refractivity contribution in [2.24, 2.45) is 0 Å².